The normalized spacial score (nSPS) is 14.9. The van der Waals surface area contributed by atoms with E-state index in [4.69, 9.17) is 17.2 Å². The van der Waals surface area contributed by atoms with Crippen LogP contribution in [0.2, 0.25) is 0 Å². The number of thioether (sulfide) groups is 2. The van der Waals surface area contributed by atoms with Gasteiger partial charge in [-0.25, -0.2) is 4.98 Å². The molecule has 1 heterocycles. The van der Waals surface area contributed by atoms with Gasteiger partial charge < -0.3 is 69.6 Å². The molecule has 8 amide bonds. The average molecular weight is 892 g/mol. The molecule has 59 heavy (non-hydrogen) atoms. The fraction of sp³-hybridized carbons (Fsp3) is 0.636. The summed E-state index contributed by atoms with van der Waals surface area (Å²) >= 11 is 6.79. The lowest BCUT2D eigenvalue weighted by molar-refractivity contribution is -0.137. The zero-order chi connectivity index (χ0) is 44.5. The maximum Gasteiger partial charge on any atom is 0.245 e. The van der Waals surface area contributed by atoms with Crippen LogP contribution in [-0.2, 0) is 44.8 Å². The number of primary amides is 1. The summed E-state index contributed by atoms with van der Waals surface area (Å²) in [5.74, 6) is -5.64. The lowest BCUT2D eigenvalue weighted by atomic mass is 10.1. The number of carbonyl (C=O) groups excluding carboxylic acids is 8. The molecule has 0 radical (unpaired) electrons. The van der Waals surface area contributed by atoms with Gasteiger partial charge in [0.2, 0.25) is 47.8 Å². The van der Waals surface area contributed by atoms with Crippen molar-refractivity contribution in [1.29, 1.82) is 0 Å². The molecule has 0 fully saturated rings. The van der Waals surface area contributed by atoms with Crippen molar-refractivity contribution in [3.8, 4) is 0 Å². The number of aliphatic imine (C=N–C) groups is 1. The van der Waals surface area contributed by atoms with Crippen LogP contribution in [-0.4, -0.2) is 165 Å². The third-order valence-electron chi connectivity index (χ3n) is 8.35. The number of imidazole rings is 1. The summed E-state index contributed by atoms with van der Waals surface area (Å²) in [7, 11) is 0. The molecule has 23 nitrogen and oxygen atoms in total. The zero-order valence-corrected chi connectivity index (χ0v) is 35.5. The Bertz CT molecular complexity index is 1550. The number of nitrogens with one attached hydrogen (secondary N) is 8. The van der Waals surface area contributed by atoms with Gasteiger partial charge in [0.05, 0.1) is 19.0 Å². The first-order valence-corrected chi connectivity index (χ1v) is 21.7. The van der Waals surface area contributed by atoms with E-state index in [1.54, 1.807) is 12.5 Å². The Morgan fingerprint density at radius 1 is 0.797 bits per heavy atom. The summed E-state index contributed by atoms with van der Waals surface area (Å²) in [6.45, 7) is 0.377. The van der Waals surface area contributed by atoms with Crippen LogP contribution in [0.15, 0.2) is 17.5 Å². The van der Waals surface area contributed by atoms with Gasteiger partial charge in [0.1, 0.15) is 42.3 Å². The van der Waals surface area contributed by atoms with Gasteiger partial charge in [0.25, 0.3) is 0 Å². The quantitative estimate of drug-likeness (QED) is 0.0113. The van der Waals surface area contributed by atoms with Crippen LogP contribution in [0.25, 0.3) is 0 Å². The lowest BCUT2D eigenvalue weighted by Crippen LogP contribution is -2.62. The molecule has 1 aromatic heterocycles. The second-order valence-corrected chi connectivity index (χ2v) is 15.3. The average Bonchev–Trinajstić information content (AvgIpc) is 3.71. The maximum atomic E-state index is 13.7. The van der Waals surface area contributed by atoms with Crippen molar-refractivity contribution in [2.45, 2.75) is 87.4 Å². The van der Waals surface area contributed by atoms with E-state index in [-0.39, 0.29) is 50.4 Å². The van der Waals surface area contributed by atoms with E-state index in [2.05, 4.69) is 64.8 Å². The van der Waals surface area contributed by atoms with E-state index in [0.717, 1.165) is 0 Å². The highest BCUT2D eigenvalue weighted by Crippen LogP contribution is 2.08. The second-order valence-electron chi connectivity index (χ2n) is 12.9. The van der Waals surface area contributed by atoms with Gasteiger partial charge in [0, 0.05) is 30.6 Å². The van der Waals surface area contributed by atoms with E-state index >= 15 is 0 Å². The van der Waals surface area contributed by atoms with Crippen molar-refractivity contribution in [1.82, 2.24) is 47.2 Å². The molecule has 332 valence electrons. The summed E-state index contributed by atoms with van der Waals surface area (Å²) in [5.41, 5.74) is 16.5. The van der Waals surface area contributed by atoms with Crippen molar-refractivity contribution in [3.05, 3.63) is 18.2 Å². The van der Waals surface area contributed by atoms with E-state index in [1.165, 1.54) is 43.0 Å². The number of aliphatic hydroxyl groups is 2. The molecule has 0 spiro atoms. The van der Waals surface area contributed by atoms with Crippen molar-refractivity contribution < 1.29 is 48.6 Å². The van der Waals surface area contributed by atoms with Crippen LogP contribution in [0.1, 0.15) is 38.3 Å². The van der Waals surface area contributed by atoms with Crippen LogP contribution in [0.5, 0.6) is 0 Å². The van der Waals surface area contributed by atoms with Crippen molar-refractivity contribution in [2.75, 3.05) is 42.9 Å². The smallest absolute Gasteiger partial charge is 0.245 e. The number of nitrogens with zero attached hydrogens (tertiary/aromatic N) is 2. The number of aromatic nitrogens is 2. The molecule has 16 N–H and O–H groups in total. The summed E-state index contributed by atoms with van der Waals surface area (Å²) < 4.78 is 0. The number of aromatic amines is 1. The van der Waals surface area contributed by atoms with Crippen LogP contribution >= 0.6 is 36.2 Å². The van der Waals surface area contributed by atoms with Gasteiger partial charge in [0.15, 0.2) is 5.96 Å². The van der Waals surface area contributed by atoms with Gasteiger partial charge in [-0.1, -0.05) is 0 Å². The maximum absolute atomic E-state index is 13.7. The molecule has 0 aliphatic rings. The number of carbonyl (C=O) groups is 8. The molecule has 0 saturated carbocycles. The van der Waals surface area contributed by atoms with Crippen molar-refractivity contribution in [3.63, 3.8) is 0 Å². The Morgan fingerprint density at radius 3 is 1.80 bits per heavy atom. The molecule has 1 aromatic rings. The van der Waals surface area contributed by atoms with Gasteiger partial charge in [-0.15, -0.1) is 0 Å². The Labute approximate surface area is 355 Å². The Kier molecular flexibility index (Phi) is 25.3. The Hall–Kier alpha value is -4.79. The van der Waals surface area contributed by atoms with E-state index in [1.807, 2.05) is 0 Å². The van der Waals surface area contributed by atoms with Crippen LogP contribution < -0.4 is 54.4 Å². The number of amides is 8. The number of thiol groups is 1. The molecule has 1 rings (SSSR count). The summed E-state index contributed by atoms with van der Waals surface area (Å²) in [4.78, 5) is 114. The molecule has 0 aliphatic carbocycles. The number of H-pyrrole nitrogens is 1. The van der Waals surface area contributed by atoms with Crippen molar-refractivity contribution in [2.24, 2.45) is 22.2 Å². The molecule has 0 unspecified atom stereocenters. The van der Waals surface area contributed by atoms with E-state index in [9.17, 15) is 48.6 Å². The standard InChI is InChI=1S/C33H57N13O10S3/c1-17(49)25(46-27(51)19(40-16-48)6-9-58-2)32(56)43-22(11-18-12-37-15-39-18)30(54)44-23(13-47)31(55)42-21(7-10-59-3)29(53)41-20(5-4-8-38-33(35)36)28(52)45-24(14-57)26(34)50/h12,15-17,19-25,47,49,57H,4-11,13-14H2,1-3H3,(H2,34,50)(H,37,39)(H,40,48)(H,41,53)(H,42,55)(H,43,56)(H,44,54)(H,45,52)(H,46,51)(H4,35,36,38)/t17-,19+,20+,21+,22+,23+,24+,25+/m1/s1. The van der Waals surface area contributed by atoms with Gasteiger partial charge >= 0.3 is 0 Å². The van der Waals surface area contributed by atoms with E-state index in [0.29, 0.717) is 23.6 Å². The Morgan fingerprint density at radius 2 is 1.31 bits per heavy atom. The van der Waals surface area contributed by atoms with E-state index < -0.39 is 96.4 Å². The van der Waals surface area contributed by atoms with Crippen LogP contribution in [0.4, 0.5) is 0 Å². The Balaban J connectivity index is 3.28. The number of rotatable bonds is 30. The van der Waals surface area contributed by atoms with Gasteiger partial charge in [-0.2, -0.15) is 36.2 Å². The highest BCUT2D eigenvalue weighted by atomic mass is 32.2. The highest BCUT2D eigenvalue weighted by molar-refractivity contribution is 7.98. The number of hydrogen-bond donors (Lipinski definition) is 14. The van der Waals surface area contributed by atoms with Crippen LogP contribution in [0.3, 0.4) is 0 Å². The number of aliphatic hydroxyl groups excluding tert-OH is 2. The molecular formula is C33H57N13O10S3. The molecule has 0 aliphatic heterocycles. The van der Waals surface area contributed by atoms with Crippen molar-refractivity contribution >= 4 is 89.9 Å². The number of hydrogen-bond acceptors (Lipinski definition) is 15. The molecular weight excluding hydrogens is 835 g/mol. The topological polar surface area (TPSA) is 380 Å². The monoisotopic (exact) mass is 891 g/mol. The number of nitrogens with two attached hydrogens (primary N) is 3. The minimum absolute atomic E-state index is 0.00217. The first kappa shape index (κ1) is 52.2. The molecule has 0 saturated heterocycles. The zero-order valence-electron chi connectivity index (χ0n) is 33.0. The third-order valence-corrected chi connectivity index (χ3v) is 10.0. The minimum Gasteiger partial charge on any atom is -0.394 e. The predicted molar refractivity (Wildman–Crippen MR) is 225 cm³/mol. The fourth-order valence-corrected chi connectivity index (χ4v) is 6.34. The largest absolute Gasteiger partial charge is 0.394 e. The predicted octanol–water partition coefficient (Wildman–Crippen LogP) is -5.68. The van der Waals surface area contributed by atoms with Crippen LogP contribution in [0, 0.1) is 0 Å². The summed E-state index contributed by atoms with van der Waals surface area (Å²) in [5, 5.41) is 37.7. The summed E-state index contributed by atoms with van der Waals surface area (Å²) in [6, 6.07) is -9.45. The molecule has 26 heteroatoms. The fourth-order valence-electron chi connectivity index (χ4n) is 5.12. The SMILES string of the molecule is CSCC[C@H](NC=O)C(=O)N[C@H](C(=O)N[C@@H](Cc1cnc[nH]1)C(=O)N[C@@H](CO)C(=O)N[C@@H](CCSC)C(=O)N[C@@H](CCCN=C(N)N)C(=O)N[C@@H](CS)C(N)=O)[C@@H](C)O. The minimum atomic E-state index is -1.67. The molecule has 0 aromatic carbocycles. The third kappa shape index (κ3) is 19.7. The highest BCUT2D eigenvalue weighted by Gasteiger charge is 2.35. The molecule has 0 bridgehead atoms. The van der Waals surface area contributed by atoms with Gasteiger partial charge in [-0.3, -0.25) is 43.3 Å². The summed E-state index contributed by atoms with van der Waals surface area (Å²) in [6.07, 6.45) is 5.36. The number of guanidine groups is 1. The second kappa shape index (κ2) is 28.6. The molecule has 8 atom stereocenters. The first-order chi connectivity index (χ1) is 28.0. The first-order valence-electron chi connectivity index (χ1n) is 18.2. The lowest BCUT2D eigenvalue weighted by Gasteiger charge is -2.28. The van der Waals surface area contributed by atoms with Gasteiger partial charge in [-0.05, 0) is 56.6 Å².